The van der Waals surface area contributed by atoms with Gasteiger partial charge >= 0.3 is 17.9 Å². The Labute approximate surface area is 364 Å². The average Bonchev–Trinajstić information content (AvgIpc) is 3.28. The van der Waals surface area contributed by atoms with E-state index in [2.05, 4.69) is 10.0 Å². The maximum absolute atomic E-state index is 13.3. The summed E-state index contributed by atoms with van der Waals surface area (Å²) in [5, 5.41) is 3.47. The van der Waals surface area contributed by atoms with Crippen LogP contribution in [0.25, 0.3) is 10.4 Å². The van der Waals surface area contributed by atoms with Crippen LogP contribution in [0.4, 0.5) is 0 Å². The Hall–Kier alpha value is -4.86. The van der Waals surface area contributed by atoms with Crippen molar-refractivity contribution < 1.29 is 57.0 Å². The highest BCUT2D eigenvalue weighted by molar-refractivity contribution is 5.72. The summed E-state index contributed by atoms with van der Waals surface area (Å²) in [6.45, 7) is 8.39. The van der Waals surface area contributed by atoms with Crippen molar-refractivity contribution in [1.29, 1.82) is 0 Å². The number of rotatable bonds is 24. The van der Waals surface area contributed by atoms with E-state index in [-0.39, 0.29) is 56.7 Å². The molecule has 2 fully saturated rings. The van der Waals surface area contributed by atoms with Crippen molar-refractivity contribution in [3.05, 3.63) is 118 Å². The van der Waals surface area contributed by atoms with E-state index < -0.39 is 54.9 Å². The fraction of sp³-hybridized carbons (Fsp3) is 0.553. The Morgan fingerprint density at radius 3 is 1.87 bits per heavy atom. The molecular weight excluding hydrogens is 799 g/mol. The van der Waals surface area contributed by atoms with Gasteiger partial charge in [0.1, 0.15) is 18.8 Å². The molecule has 0 saturated carbocycles. The molecule has 2 aliphatic rings. The van der Waals surface area contributed by atoms with Gasteiger partial charge in [0.05, 0.1) is 43.5 Å². The Bertz CT molecular complexity index is 1830. The third-order valence-corrected chi connectivity index (χ3v) is 10.7. The normalized spacial score (nSPS) is 24.5. The lowest BCUT2D eigenvalue weighted by molar-refractivity contribution is -0.281. The van der Waals surface area contributed by atoms with Crippen molar-refractivity contribution in [1.82, 2.24) is 0 Å². The van der Waals surface area contributed by atoms with Gasteiger partial charge in [-0.2, -0.15) is 0 Å². The summed E-state index contributed by atoms with van der Waals surface area (Å²) in [5.41, 5.74) is 11.7. The largest absolute Gasteiger partial charge is 0.461 e. The lowest BCUT2D eigenvalue weighted by Gasteiger charge is -2.40. The van der Waals surface area contributed by atoms with Crippen LogP contribution in [0.3, 0.4) is 0 Å². The number of hydrogen-bond donors (Lipinski definition) is 0. The molecule has 15 nitrogen and oxygen atoms in total. The predicted octanol–water partition coefficient (Wildman–Crippen LogP) is 8.31. The minimum Gasteiger partial charge on any atom is -0.461 e. The molecule has 0 spiro atoms. The number of carbonyl (C=O) groups excluding carboxylic acids is 3. The number of ether oxygens (including phenoxy) is 9. The molecule has 336 valence electrons. The second-order valence-electron chi connectivity index (χ2n) is 15.8. The van der Waals surface area contributed by atoms with E-state index in [0.717, 1.165) is 16.7 Å². The molecule has 0 bridgehead atoms. The zero-order valence-corrected chi connectivity index (χ0v) is 36.2. The molecule has 10 atom stereocenters. The highest BCUT2D eigenvalue weighted by Gasteiger charge is 2.42. The smallest absolute Gasteiger partial charge is 0.309 e. The van der Waals surface area contributed by atoms with Gasteiger partial charge in [-0.1, -0.05) is 103 Å². The summed E-state index contributed by atoms with van der Waals surface area (Å²) >= 11 is 0. The van der Waals surface area contributed by atoms with Gasteiger partial charge in [-0.05, 0) is 62.3 Å². The average molecular weight is 860 g/mol. The lowest BCUT2D eigenvalue weighted by Crippen LogP contribution is -2.51. The molecule has 0 aliphatic carbocycles. The van der Waals surface area contributed by atoms with Gasteiger partial charge in [0, 0.05) is 43.7 Å². The van der Waals surface area contributed by atoms with Crippen LogP contribution in [0.1, 0.15) is 89.3 Å². The molecule has 5 rings (SSSR count). The SMILES string of the molecule is C[C@H](CCC(=O)OCc1ccccc1)O[C@@H]1O[C@@H](C)[C@H](OC(=O)[C@H](C)CN=[N+]=[N-])C[C@H]1OC(=O)CCCCO[C@@H]1O[C@@H](C)[C@H](OCc2ccccc2)C[C@H]1OCc1ccccc1. The molecule has 3 aromatic carbocycles. The van der Waals surface area contributed by atoms with Crippen LogP contribution in [-0.4, -0.2) is 86.4 Å². The third-order valence-electron chi connectivity index (χ3n) is 10.7. The first kappa shape index (κ1) is 48.2. The van der Waals surface area contributed by atoms with E-state index in [1.54, 1.807) is 20.8 Å². The number of hydrogen-bond acceptors (Lipinski definition) is 13. The second-order valence-corrected chi connectivity index (χ2v) is 15.8. The van der Waals surface area contributed by atoms with Crippen molar-refractivity contribution in [3.8, 4) is 0 Å². The van der Waals surface area contributed by atoms with E-state index in [1.165, 1.54) is 0 Å². The molecule has 0 unspecified atom stereocenters. The van der Waals surface area contributed by atoms with Crippen molar-refractivity contribution in [2.45, 2.75) is 148 Å². The molecule has 0 radical (unpaired) electrons. The van der Waals surface area contributed by atoms with E-state index in [9.17, 15) is 14.4 Å². The highest BCUT2D eigenvalue weighted by Crippen LogP contribution is 2.30. The number of unbranched alkanes of at least 4 members (excludes halogenated alkanes) is 1. The quantitative estimate of drug-likeness (QED) is 0.0210. The van der Waals surface area contributed by atoms with Gasteiger partial charge in [0.2, 0.25) is 0 Å². The van der Waals surface area contributed by atoms with Gasteiger partial charge in [0.25, 0.3) is 0 Å². The second kappa shape index (κ2) is 25.9. The fourth-order valence-electron chi connectivity index (χ4n) is 6.98. The number of carbonyl (C=O) groups is 3. The van der Waals surface area contributed by atoms with Crippen LogP contribution in [0, 0.1) is 5.92 Å². The Morgan fingerprint density at radius 2 is 1.24 bits per heavy atom. The molecule has 2 saturated heterocycles. The molecule has 62 heavy (non-hydrogen) atoms. The maximum Gasteiger partial charge on any atom is 0.309 e. The van der Waals surface area contributed by atoms with Gasteiger partial charge in [-0.15, -0.1) is 0 Å². The molecule has 2 heterocycles. The number of azide groups is 1. The van der Waals surface area contributed by atoms with Crippen LogP contribution in [0.15, 0.2) is 96.1 Å². The molecule has 0 aromatic heterocycles. The Morgan fingerprint density at radius 1 is 0.677 bits per heavy atom. The first-order valence-electron chi connectivity index (χ1n) is 21.6. The predicted molar refractivity (Wildman–Crippen MR) is 227 cm³/mol. The number of esters is 3. The number of benzene rings is 3. The van der Waals surface area contributed by atoms with Crippen molar-refractivity contribution in [2.75, 3.05) is 13.2 Å². The zero-order valence-electron chi connectivity index (χ0n) is 36.2. The molecular formula is C47H61N3O12. The molecule has 15 heteroatoms. The molecule has 3 aromatic rings. The van der Waals surface area contributed by atoms with Crippen molar-refractivity contribution in [3.63, 3.8) is 0 Å². The highest BCUT2D eigenvalue weighted by atomic mass is 16.7. The summed E-state index contributed by atoms with van der Waals surface area (Å²) in [7, 11) is 0. The van der Waals surface area contributed by atoms with Gasteiger partial charge < -0.3 is 42.6 Å². The molecule has 0 amide bonds. The molecule has 0 N–H and O–H groups in total. The summed E-state index contributed by atoms with van der Waals surface area (Å²) in [6.07, 6.45) is -2.93. The zero-order chi connectivity index (χ0) is 44.1. The Kier molecular flexibility index (Phi) is 20.1. The van der Waals surface area contributed by atoms with Crippen LogP contribution in [0.5, 0.6) is 0 Å². The van der Waals surface area contributed by atoms with E-state index >= 15 is 0 Å². The van der Waals surface area contributed by atoms with Crippen LogP contribution in [0.2, 0.25) is 0 Å². The number of nitrogens with zero attached hydrogens (tertiary/aromatic N) is 3. The minimum atomic E-state index is -0.984. The van der Waals surface area contributed by atoms with Crippen molar-refractivity contribution >= 4 is 17.9 Å². The maximum atomic E-state index is 13.3. The standard InChI is InChI=1S/C47H61N3O12/c1-32(28-49-50-48)45(53)62-40-27-42(47(60-35(40)4)58-33(2)23-24-43(51)57-31-38-20-12-7-13-21-38)61-44(52)22-14-15-25-54-46-41(56-30-37-18-10-6-11-19-37)26-39(34(3)59-46)55-29-36-16-8-5-9-17-36/h5-13,16-21,32-35,39-42,46-47H,14-15,22-31H2,1-4H3/t32-,33-,34+,35+,39-,40-,41-,42-,46-,47-/m1/s1. The Balaban J connectivity index is 1.11. The van der Waals surface area contributed by atoms with Crippen molar-refractivity contribution in [2.24, 2.45) is 11.0 Å². The fourth-order valence-corrected chi connectivity index (χ4v) is 6.98. The monoisotopic (exact) mass is 859 g/mol. The van der Waals surface area contributed by atoms with Gasteiger partial charge in [-0.25, -0.2) is 0 Å². The summed E-state index contributed by atoms with van der Waals surface area (Å²) < 4.78 is 54.6. The van der Waals surface area contributed by atoms with Crippen LogP contribution >= 0.6 is 0 Å². The van der Waals surface area contributed by atoms with E-state index in [1.807, 2.05) is 97.9 Å². The lowest BCUT2D eigenvalue weighted by atomic mass is 10.0. The van der Waals surface area contributed by atoms with E-state index in [4.69, 9.17) is 48.2 Å². The molecule has 2 aliphatic heterocycles. The topological polar surface area (TPSA) is 183 Å². The summed E-state index contributed by atoms with van der Waals surface area (Å²) in [5.74, 6) is -2.10. The summed E-state index contributed by atoms with van der Waals surface area (Å²) in [6, 6.07) is 29.3. The van der Waals surface area contributed by atoms with Gasteiger partial charge in [0.15, 0.2) is 18.7 Å². The summed E-state index contributed by atoms with van der Waals surface area (Å²) in [4.78, 5) is 41.3. The minimum absolute atomic E-state index is 0.0621. The van der Waals surface area contributed by atoms with Crippen LogP contribution in [-0.2, 0) is 76.8 Å². The van der Waals surface area contributed by atoms with Gasteiger partial charge in [-0.3, -0.25) is 14.4 Å². The van der Waals surface area contributed by atoms with E-state index in [0.29, 0.717) is 45.5 Å². The first-order chi connectivity index (χ1) is 30.1. The first-order valence-corrected chi connectivity index (χ1v) is 21.6. The third kappa shape index (κ3) is 16.4. The van der Waals surface area contributed by atoms with Crippen LogP contribution < -0.4 is 0 Å².